The van der Waals surface area contributed by atoms with Crippen LogP contribution in [0.4, 0.5) is 0 Å². The molecule has 0 saturated heterocycles. The van der Waals surface area contributed by atoms with E-state index in [9.17, 15) is 14.4 Å². The number of nitrogens with one attached hydrogen (secondary N) is 1. The Morgan fingerprint density at radius 3 is 2.83 bits per heavy atom. The van der Waals surface area contributed by atoms with E-state index in [0.29, 0.717) is 10.2 Å². The molecule has 3 rings (SSSR count). The number of ether oxygens (including phenoxy) is 1. The minimum atomic E-state index is -1.01. The molecule has 0 fully saturated rings. The van der Waals surface area contributed by atoms with Gasteiger partial charge in [0, 0.05) is 4.88 Å². The second-order valence-electron chi connectivity index (χ2n) is 5.62. The first-order valence-electron chi connectivity index (χ1n) is 7.89. The number of thioether (sulfide) groups is 1. The van der Waals surface area contributed by atoms with E-state index in [1.54, 1.807) is 6.92 Å². The molecule has 1 unspecified atom stereocenters. The zero-order chi connectivity index (χ0) is 17.3. The van der Waals surface area contributed by atoms with E-state index in [2.05, 4.69) is 9.97 Å². The van der Waals surface area contributed by atoms with Gasteiger partial charge in [0.15, 0.2) is 16.2 Å². The van der Waals surface area contributed by atoms with Gasteiger partial charge in [-0.05, 0) is 45.1 Å². The minimum absolute atomic E-state index is 0.198. The van der Waals surface area contributed by atoms with Crippen LogP contribution >= 0.6 is 23.1 Å². The standard InChI is InChI=1S/C16H18N2O4S2/c1-3-22-15(21)12(8(2)19)24-16-17-13(20)11-9-6-4-5-7-10(9)23-14(11)18-16/h12H,3-7H2,1-2H3,(H,17,18,20). The number of Topliss-reactive ketones (excluding diaryl/α,β-unsaturated/α-hetero) is 1. The summed E-state index contributed by atoms with van der Waals surface area (Å²) in [6.07, 6.45) is 4.11. The van der Waals surface area contributed by atoms with Crippen molar-refractivity contribution >= 4 is 45.1 Å². The summed E-state index contributed by atoms with van der Waals surface area (Å²) in [4.78, 5) is 45.2. The smallest absolute Gasteiger partial charge is 0.327 e. The molecule has 2 aromatic heterocycles. The average molecular weight is 366 g/mol. The summed E-state index contributed by atoms with van der Waals surface area (Å²) in [7, 11) is 0. The largest absolute Gasteiger partial charge is 0.465 e. The molecule has 0 saturated carbocycles. The van der Waals surface area contributed by atoms with E-state index in [4.69, 9.17) is 4.74 Å². The molecule has 0 radical (unpaired) electrons. The molecule has 1 aliphatic carbocycles. The van der Waals surface area contributed by atoms with E-state index in [1.165, 1.54) is 23.1 Å². The van der Waals surface area contributed by atoms with Crippen LogP contribution in [-0.2, 0) is 27.2 Å². The Kier molecular flexibility index (Phi) is 5.05. The molecule has 0 aliphatic heterocycles. The van der Waals surface area contributed by atoms with Crippen molar-refractivity contribution in [3.05, 3.63) is 20.8 Å². The third-order valence-corrected chi connectivity index (χ3v) is 6.27. The lowest BCUT2D eigenvalue weighted by Gasteiger charge is -2.11. The Hall–Kier alpha value is -1.67. The van der Waals surface area contributed by atoms with Crippen molar-refractivity contribution in [2.45, 2.75) is 49.9 Å². The number of ketones is 1. The fourth-order valence-corrected chi connectivity index (χ4v) is 5.00. The zero-order valence-electron chi connectivity index (χ0n) is 13.5. The molecule has 0 amide bonds. The summed E-state index contributed by atoms with van der Waals surface area (Å²) >= 11 is 2.47. The number of aryl methyl sites for hydroxylation is 2. The molecule has 8 heteroatoms. The summed E-state index contributed by atoms with van der Waals surface area (Å²) in [5, 5.41) is -0.0750. The van der Waals surface area contributed by atoms with Gasteiger partial charge in [0.1, 0.15) is 4.83 Å². The Bertz CT molecular complexity index is 856. The molecule has 1 aliphatic rings. The van der Waals surface area contributed by atoms with Crippen LogP contribution in [0.25, 0.3) is 10.2 Å². The predicted molar refractivity (Wildman–Crippen MR) is 93.8 cm³/mol. The Balaban J connectivity index is 1.97. The van der Waals surface area contributed by atoms with Crippen LogP contribution in [0.3, 0.4) is 0 Å². The maximum Gasteiger partial charge on any atom is 0.327 e. The molecule has 128 valence electrons. The number of carbonyl (C=O) groups excluding carboxylic acids is 2. The van der Waals surface area contributed by atoms with Crippen molar-refractivity contribution < 1.29 is 14.3 Å². The van der Waals surface area contributed by atoms with Crippen LogP contribution < -0.4 is 5.56 Å². The van der Waals surface area contributed by atoms with Crippen molar-refractivity contribution in [1.29, 1.82) is 0 Å². The van der Waals surface area contributed by atoms with Crippen LogP contribution in [0, 0.1) is 0 Å². The topological polar surface area (TPSA) is 89.1 Å². The van der Waals surface area contributed by atoms with Gasteiger partial charge in [-0.25, -0.2) is 4.98 Å². The van der Waals surface area contributed by atoms with Crippen molar-refractivity contribution in [3.63, 3.8) is 0 Å². The summed E-state index contributed by atoms with van der Waals surface area (Å²) in [5.74, 6) is -0.935. The number of aromatic amines is 1. The lowest BCUT2D eigenvalue weighted by molar-refractivity contribution is -0.144. The van der Waals surface area contributed by atoms with Crippen molar-refractivity contribution in [2.24, 2.45) is 0 Å². The van der Waals surface area contributed by atoms with Gasteiger partial charge in [-0.1, -0.05) is 11.8 Å². The fourth-order valence-electron chi connectivity index (χ4n) is 2.83. The van der Waals surface area contributed by atoms with Crippen molar-refractivity contribution in [3.8, 4) is 0 Å². The molecule has 0 bridgehead atoms. The highest BCUT2D eigenvalue weighted by Crippen LogP contribution is 2.34. The average Bonchev–Trinajstić information content (AvgIpc) is 2.91. The number of H-pyrrole nitrogens is 1. The van der Waals surface area contributed by atoms with Crippen molar-refractivity contribution in [1.82, 2.24) is 9.97 Å². The monoisotopic (exact) mass is 366 g/mol. The second kappa shape index (κ2) is 7.06. The SMILES string of the molecule is CCOC(=O)C(Sc1nc2sc3c(c2c(=O)[nH]1)CCCC3)C(C)=O. The van der Waals surface area contributed by atoms with Crippen LogP contribution in [0.2, 0.25) is 0 Å². The summed E-state index contributed by atoms with van der Waals surface area (Å²) < 4.78 is 4.92. The molecule has 6 nitrogen and oxygen atoms in total. The van der Waals surface area contributed by atoms with Gasteiger partial charge in [-0.15, -0.1) is 11.3 Å². The molecule has 1 atom stereocenters. The summed E-state index contributed by atoms with van der Waals surface area (Å²) in [6, 6.07) is 0. The van der Waals surface area contributed by atoms with Crippen LogP contribution in [0.1, 0.15) is 37.1 Å². The normalized spacial score (nSPS) is 15.1. The maximum atomic E-state index is 12.5. The molecule has 1 N–H and O–H groups in total. The summed E-state index contributed by atoms with van der Waals surface area (Å²) in [5.41, 5.74) is 0.910. The van der Waals surface area contributed by atoms with Gasteiger partial charge in [0.25, 0.3) is 5.56 Å². The highest BCUT2D eigenvalue weighted by Gasteiger charge is 2.28. The lowest BCUT2D eigenvalue weighted by Crippen LogP contribution is -2.27. The number of carbonyl (C=O) groups is 2. The number of rotatable bonds is 5. The van der Waals surface area contributed by atoms with E-state index in [0.717, 1.165) is 43.0 Å². The first-order valence-corrected chi connectivity index (χ1v) is 9.59. The van der Waals surface area contributed by atoms with Crippen molar-refractivity contribution in [2.75, 3.05) is 6.61 Å². The Labute approximate surface area is 147 Å². The minimum Gasteiger partial charge on any atom is -0.465 e. The first kappa shape index (κ1) is 17.2. The van der Waals surface area contributed by atoms with Gasteiger partial charge in [-0.2, -0.15) is 0 Å². The second-order valence-corrected chi connectivity index (χ2v) is 7.80. The van der Waals surface area contributed by atoms with Crippen LogP contribution in [0.15, 0.2) is 9.95 Å². The van der Waals surface area contributed by atoms with Crippen LogP contribution in [0.5, 0.6) is 0 Å². The Morgan fingerprint density at radius 2 is 2.12 bits per heavy atom. The van der Waals surface area contributed by atoms with E-state index in [-0.39, 0.29) is 23.1 Å². The van der Waals surface area contributed by atoms with Gasteiger partial charge in [0.05, 0.1) is 12.0 Å². The van der Waals surface area contributed by atoms with Gasteiger partial charge in [-0.3, -0.25) is 14.4 Å². The van der Waals surface area contributed by atoms with E-state index < -0.39 is 11.2 Å². The highest BCUT2D eigenvalue weighted by molar-refractivity contribution is 8.01. The van der Waals surface area contributed by atoms with Crippen LogP contribution in [-0.4, -0.2) is 33.6 Å². The van der Waals surface area contributed by atoms with Gasteiger partial charge in [0.2, 0.25) is 0 Å². The fraction of sp³-hybridized carbons (Fsp3) is 0.500. The maximum absolute atomic E-state index is 12.5. The van der Waals surface area contributed by atoms with E-state index in [1.807, 2.05) is 0 Å². The lowest BCUT2D eigenvalue weighted by atomic mass is 9.97. The first-order chi connectivity index (χ1) is 11.5. The van der Waals surface area contributed by atoms with Gasteiger partial charge < -0.3 is 9.72 Å². The predicted octanol–water partition coefficient (Wildman–Crippen LogP) is 2.48. The van der Waals surface area contributed by atoms with E-state index >= 15 is 0 Å². The molecule has 24 heavy (non-hydrogen) atoms. The number of hydrogen-bond donors (Lipinski definition) is 1. The number of thiophene rings is 1. The third-order valence-electron chi connectivity index (χ3n) is 3.90. The number of nitrogens with zero attached hydrogens (tertiary/aromatic N) is 1. The number of aromatic nitrogens is 2. The number of esters is 1. The molecular weight excluding hydrogens is 348 g/mol. The molecule has 2 heterocycles. The molecule has 0 spiro atoms. The Morgan fingerprint density at radius 1 is 1.38 bits per heavy atom. The number of fused-ring (bicyclic) bond motifs is 3. The quantitative estimate of drug-likeness (QED) is 0.378. The molecule has 0 aromatic carbocycles. The molecule has 2 aromatic rings. The molecular formula is C16H18N2O4S2. The highest BCUT2D eigenvalue weighted by atomic mass is 32.2. The summed E-state index contributed by atoms with van der Waals surface area (Å²) in [6.45, 7) is 3.21. The third kappa shape index (κ3) is 3.25. The number of hydrogen-bond acceptors (Lipinski definition) is 7. The van der Waals surface area contributed by atoms with Gasteiger partial charge >= 0.3 is 5.97 Å². The zero-order valence-corrected chi connectivity index (χ0v) is 15.1.